The molecule has 1 aromatic heterocycles. The largest absolute Gasteiger partial charge is 0.488 e. The fraction of sp³-hybridized carbons (Fsp3) is 0.0909. The number of carbonyl (C=O) groups is 2. The SMILES string of the molecule is COC(=O)c1ccc(COc2ccccc2/C=N\NC(=O)c2ccc(COc3cccc4cccnc34)cc2)cc1. The topological polar surface area (TPSA) is 99.1 Å². The number of pyridine rings is 1. The maximum Gasteiger partial charge on any atom is 0.337 e. The molecule has 41 heavy (non-hydrogen) atoms. The number of rotatable bonds is 10. The van der Waals surface area contributed by atoms with Crippen LogP contribution in [0.3, 0.4) is 0 Å². The van der Waals surface area contributed by atoms with Gasteiger partial charge in [-0.3, -0.25) is 9.78 Å². The Bertz CT molecular complexity index is 1680. The van der Waals surface area contributed by atoms with Crippen molar-refractivity contribution in [2.45, 2.75) is 13.2 Å². The molecule has 0 spiro atoms. The molecule has 0 unspecified atom stereocenters. The van der Waals surface area contributed by atoms with Gasteiger partial charge < -0.3 is 14.2 Å². The first kappa shape index (κ1) is 27.1. The minimum Gasteiger partial charge on any atom is -0.488 e. The first-order valence-electron chi connectivity index (χ1n) is 12.9. The van der Waals surface area contributed by atoms with E-state index >= 15 is 0 Å². The Kier molecular flexibility index (Phi) is 8.61. The fourth-order valence-corrected chi connectivity index (χ4v) is 4.07. The molecular weight excluding hydrogens is 518 g/mol. The summed E-state index contributed by atoms with van der Waals surface area (Å²) in [5, 5.41) is 5.13. The van der Waals surface area contributed by atoms with Crippen LogP contribution in [0.4, 0.5) is 0 Å². The summed E-state index contributed by atoms with van der Waals surface area (Å²) in [5.41, 5.74) is 6.83. The number of hydrogen-bond acceptors (Lipinski definition) is 7. The molecule has 1 heterocycles. The second-order valence-corrected chi connectivity index (χ2v) is 9.03. The van der Waals surface area contributed by atoms with Gasteiger partial charge in [-0.15, -0.1) is 0 Å². The van der Waals surface area contributed by atoms with Gasteiger partial charge in [0.2, 0.25) is 0 Å². The number of aromatic nitrogens is 1. The number of nitrogens with zero attached hydrogens (tertiary/aromatic N) is 2. The smallest absolute Gasteiger partial charge is 0.337 e. The van der Waals surface area contributed by atoms with E-state index in [2.05, 4.69) is 15.5 Å². The molecule has 1 N–H and O–H groups in total. The van der Waals surface area contributed by atoms with Gasteiger partial charge in [-0.2, -0.15) is 5.10 Å². The summed E-state index contributed by atoms with van der Waals surface area (Å²) in [7, 11) is 1.35. The molecule has 204 valence electrons. The molecule has 0 aliphatic rings. The minimum atomic E-state index is -0.388. The summed E-state index contributed by atoms with van der Waals surface area (Å²) < 4.78 is 16.7. The summed E-state index contributed by atoms with van der Waals surface area (Å²) in [6.07, 6.45) is 3.28. The molecule has 8 heteroatoms. The number of fused-ring (bicyclic) bond motifs is 1. The Balaban J connectivity index is 1.15. The zero-order chi connectivity index (χ0) is 28.4. The maximum atomic E-state index is 12.6. The highest BCUT2D eigenvalue weighted by Gasteiger charge is 2.08. The van der Waals surface area contributed by atoms with Crippen LogP contribution in [0.5, 0.6) is 11.5 Å². The number of hydrazone groups is 1. The number of hydrogen-bond donors (Lipinski definition) is 1. The van der Waals surface area contributed by atoms with Crippen LogP contribution in [-0.2, 0) is 18.0 Å². The molecule has 0 aliphatic heterocycles. The number of benzene rings is 4. The first-order chi connectivity index (χ1) is 20.1. The lowest BCUT2D eigenvalue weighted by Crippen LogP contribution is -2.17. The molecule has 0 radical (unpaired) electrons. The molecular formula is C33H27N3O5. The Hall–Kier alpha value is -5.50. The Morgan fingerprint density at radius 1 is 0.756 bits per heavy atom. The molecule has 5 aromatic rings. The Labute approximate surface area is 237 Å². The van der Waals surface area contributed by atoms with Crippen molar-refractivity contribution in [2.24, 2.45) is 5.10 Å². The van der Waals surface area contributed by atoms with Gasteiger partial charge >= 0.3 is 5.97 Å². The van der Waals surface area contributed by atoms with Crippen LogP contribution < -0.4 is 14.9 Å². The highest BCUT2D eigenvalue weighted by Crippen LogP contribution is 2.24. The third kappa shape index (κ3) is 6.93. The average Bonchev–Trinajstić information content (AvgIpc) is 3.03. The number of nitrogens with one attached hydrogen (secondary N) is 1. The van der Waals surface area contributed by atoms with E-state index in [1.807, 2.05) is 66.7 Å². The first-order valence-corrected chi connectivity index (χ1v) is 12.9. The zero-order valence-corrected chi connectivity index (χ0v) is 22.3. The van der Waals surface area contributed by atoms with E-state index in [9.17, 15) is 9.59 Å². The standard InChI is InChI=1S/C33H27N3O5/c1-39-33(38)27-17-13-24(14-18-27)21-40-29-9-3-2-6-28(29)20-35-36-32(37)26-15-11-23(12-16-26)22-41-30-10-4-7-25-8-5-19-34-31(25)30/h2-20H,21-22H2,1H3,(H,36,37)/b35-20-. The van der Waals surface area contributed by atoms with Crippen LogP contribution in [0.15, 0.2) is 114 Å². The highest BCUT2D eigenvalue weighted by molar-refractivity contribution is 5.95. The third-order valence-corrected chi connectivity index (χ3v) is 6.26. The zero-order valence-electron chi connectivity index (χ0n) is 22.3. The van der Waals surface area contributed by atoms with E-state index < -0.39 is 0 Å². The lowest BCUT2D eigenvalue weighted by Gasteiger charge is -2.10. The molecule has 0 aliphatic carbocycles. The predicted molar refractivity (Wildman–Crippen MR) is 156 cm³/mol. The molecule has 0 bridgehead atoms. The third-order valence-electron chi connectivity index (χ3n) is 6.26. The van der Waals surface area contributed by atoms with Crippen LogP contribution in [0.25, 0.3) is 10.9 Å². The molecule has 0 fully saturated rings. The van der Waals surface area contributed by atoms with Crippen molar-refractivity contribution in [1.29, 1.82) is 0 Å². The van der Waals surface area contributed by atoms with Gasteiger partial charge in [0, 0.05) is 22.7 Å². The molecule has 5 rings (SSSR count). The van der Waals surface area contributed by atoms with E-state index in [0.717, 1.165) is 22.0 Å². The van der Waals surface area contributed by atoms with Gasteiger partial charge in [-0.1, -0.05) is 54.6 Å². The maximum absolute atomic E-state index is 12.6. The second-order valence-electron chi connectivity index (χ2n) is 9.03. The van der Waals surface area contributed by atoms with Gasteiger partial charge in [0.25, 0.3) is 5.91 Å². The van der Waals surface area contributed by atoms with Crippen molar-refractivity contribution in [1.82, 2.24) is 10.4 Å². The predicted octanol–water partition coefficient (Wildman–Crippen LogP) is 5.94. The quantitative estimate of drug-likeness (QED) is 0.132. The van der Waals surface area contributed by atoms with Crippen molar-refractivity contribution < 1.29 is 23.8 Å². The Morgan fingerprint density at radius 2 is 1.39 bits per heavy atom. The summed E-state index contributed by atoms with van der Waals surface area (Å²) >= 11 is 0. The van der Waals surface area contributed by atoms with E-state index in [-0.39, 0.29) is 11.9 Å². The van der Waals surface area contributed by atoms with Crippen LogP contribution in [0.1, 0.15) is 37.4 Å². The van der Waals surface area contributed by atoms with Crippen LogP contribution >= 0.6 is 0 Å². The van der Waals surface area contributed by atoms with E-state index in [1.165, 1.54) is 13.3 Å². The number of esters is 1. The minimum absolute atomic E-state index is 0.297. The summed E-state index contributed by atoms with van der Waals surface area (Å²) in [6.45, 7) is 0.647. The van der Waals surface area contributed by atoms with Gasteiger partial charge in [0.1, 0.15) is 30.2 Å². The molecule has 0 atom stereocenters. The van der Waals surface area contributed by atoms with Crippen molar-refractivity contribution in [3.8, 4) is 11.5 Å². The number of amides is 1. The lowest BCUT2D eigenvalue weighted by atomic mass is 10.1. The van der Waals surface area contributed by atoms with Crippen molar-refractivity contribution in [3.05, 3.63) is 137 Å². The fourth-order valence-electron chi connectivity index (χ4n) is 4.07. The monoisotopic (exact) mass is 545 g/mol. The van der Waals surface area contributed by atoms with Crippen molar-refractivity contribution in [2.75, 3.05) is 7.11 Å². The molecule has 0 saturated heterocycles. The van der Waals surface area contributed by atoms with Gasteiger partial charge in [-0.25, -0.2) is 10.2 Å². The number of ether oxygens (including phenoxy) is 3. The Morgan fingerprint density at radius 3 is 2.12 bits per heavy atom. The van der Waals surface area contributed by atoms with Crippen LogP contribution in [0, 0.1) is 0 Å². The van der Waals surface area contributed by atoms with E-state index in [4.69, 9.17) is 14.2 Å². The summed E-state index contributed by atoms with van der Waals surface area (Å²) in [5.74, 6) is 0.588. The van der Waals surface area contributed by atoms with E-state index in [1.54, 1.807) is 42.6 Å². The van der Waals surface area contributed by atoms with Crippen LogP contribution in [0.2, 0.25) is 0 Å². The average molecular weight is 546 g/mol. The van der Waals surface area contributed by atoms with Crippen molar-refractivity contribution >= 4 is 29.0 Å². The normalized spacial score (nSPS) is 10.9. The van der Waals surface area contributed by atoms with Crippen LogP contribution in [-0.4, -0.2) is 30.2 Å². The molecule has 4 aromatic carbocycles. The van der Waals surface area contributed by atoms with E-state index in [0.29, 0.717) is 41.4 Å². The molecule has 0 saturated carbocycles. The molecule has 8 nitrogen and oxygen atoms in total. The highest BCUT2D eigenvalue weighted by atomic mass is 16.5. The molecule has 1 amide bonds. The lowest BCUT2D eigenvalue weighted by molar-refractivity contribution is 0.0600. The number of para-hydroxylation sites is 2. The van der Waals surface area contributed by atoms with Gasteiger partial charge in [0.15, 0.2) is 0 Å². The number of methoxy groups -OCH3 is 1. The summed E-state index contributed by atoms with van der Waals surface area (Å²) in [4.78, 5) is 28.7. The number of carbonyl (C=O) groups excluding carboxylic acids is 2. The summed E-state index contributed by atoms with van der Waals surface area (Å²) in [6, 6.07) is 31.2. The van der Waals surface area contributed by atoms with Gasteiger partial charge in [-0.05, 0) is 59.7 Å². The second kappa shape index (κ2) is 13.0. The van der Waals surface area contributed by atoms with Gasteiger partial charge in [0.05, 0.1) is 18.9 Å². The van der Waals surface area contributed by atoms with Crippen molar-refractivity contribution in [3.63, 3.8) is 0 Å².